The highest BCUT2D eigenvalue weighted by atomic mass is 16.6. The summed E-state index contributed by atoms with van der Waals surface area (Å²) in [6, 6.07) is 0. The minimum atomic E-state index is -0.605. The first-order chi connectivity index (χ1) is 8.41. The van der Waals surface area contributed by atoms with E-state index >= 15 is 0 Å². The van der Waals surface area contributed by atoms with Crippen LogP contribution in [0.4, 0.5) is 0 Å². The summed E-state index contributed by atoms with van der Waals surface area (Å²) in [6.07, 6.45) is 3.09. The van der Waals surface area contributed by atoms with Gasteiger partial charge in [-0.3, -0.25) is 19.2 Å². The number of ether oxygens (including phenoxy) is 2. The molecular formula is C12H18O6. The molecule has 0 N–H and O–H groups in total. The molecule has 0 atom stereocenters. The highest BCUT2D eigenvalue weighted by molar-refractivity contribution is 5.84. The van der Waals surface area contributed by atoms with Crippen molar-refractivity contribution < 1.29 is 28.7 Å². The summed E-state index contributed by atoms with van der Waals surface area (Å²) in [5.74, 6) is -2.27. The third-order valence-corrected chi connectivity index (χ3v) is 2.03. The zero-order chi connectivity index (χ0) is 14.0. The van der Waals surface area contributed by atoms with E-state index in [4.69, 9.17) is 0 Å². The van der Waals surface area contributed by atoms with Crippen LogP contribution in [-0.4, -0.2) is 23.9 Å². The third kappa shape index (κ3) is 10.8. The van der Waals surface area contributed by atoms with Gasteiger partial charge in [0.05, 0.1) is 0 Å². The van der Waals surface area contributed by atoms with E-state index in [0.29, 0.717) is 12.8 Å². The molecule has 0 heterocycles. The summed E-state index contributed by atoms with van der Waals surface area (Å²) >= 11 is 0. The van der Waals surface area contributed by atoms with Crippen molar-refractivity contribution in [3.63, 3.8) is 0 Å². The molecule has 0 aromatic rings. The van der Waals surface area contributed by atoms with Gasteiger partial charge in [-0.1, -0.05) is 12.8 Å². The zero-order valence-corrected chi connectivity index (χ0v) is 10.7. The molecule has 0 spiro atoms. The second-order valence-corrected chi connectivity index (χ2v) is 3.85. The van der Waals surface area contributed by atoms with Gasteiger partial charge in [0.15, 0.2) is 0 Å². The summed E-state index contributed by atoms with van der Waals surface area (Å²) < 4.78 is 8.70. The van der Waals surface area contributed by atoms with Gasteiger partial charge < -0.3 is 9.47 Å². The SMILES string of the molecule is CC(=O)OC(=O)CCCCCCC(=O)OC(C)=O. The number of unbranched alkanes of at least 4 members (excludes halogenated alkanes) is 3. The van der Waals surface area contributed by atoms with Gasteiger partial charge in [-0.05, 0) is 12.8 Å². The van der Waals surface area contributed by atoms with E-state index in [1.165, 1.54) is 13.8 Å². The van der Waals surface area contributed by atoms with E-state index in [-0.39, 0.29) is 12.8 Å². The van der Waals surface area contributed by atoms with Gasteiger partial charge in [0.2, 0.25) is 0 Å². The largest absolute Gasteiger partial charge is 0.393 e. The molecule has 0 aliphatic carbocycles. The smallest absolute Gasteiger partial charge is 0.313 e. The summed E-state index contributed by atoms with van der Waals surface area (Å²) in [4.78, 5) is 42.8. The molecule has 0 aromatic carbocycles. The number of carbonyl (C=O) groups excluding carboxylic acids is 4. The lowest BCUT2D eigenvalue weighted by molar-refractivity contribution is -0.160. The number of hydrogen-bond donors (Lipinski definition) is 0. The van der Waals surface area contributed by atoms with Crippen LogP contribution in [-0.2, 0) is 28.7 Å². The summed E-state index contributed by atoms with van der Waals surface area (Å²) in [5.41, 5.74) is 0. The molecule has 0 amide bonds. The molecule has 0 aliphatic heterocycles. The molecule has 0 rings (SSSR count). The Morgan fingerprint density at radius 1 is 0.667 bits per heavy atom. The first-order valence-electron chi connectivity index (χ1n) is 5.84. The normalized spacial score (nSPS) is 9.67. The number of carbonyl (C=O) groups is 4. The van der Waals surface area contributed by atoms with Crippen LogP contribution in [0.2, 0.25) is 0 Å². The van der Waals surface area contributed by atoms with Crippen LogP contribution in [0.15, 0.2) is 0 Å². The predicted octanol–water partition coefficient (Wildman–Crippen LogP) is 1.51. The van der Waals surface area contributed by atoms with Crippen molar-refractivity contribution in [2.24, 2.45) is 0 Å². The summed E-state index contributed by atoms with van der Waals surface area (Å²) in [6.45, 7) is 2.36. The van der Waals surface area contributed by atoms with Crippen LogP contribution in [0.25, 0.3) is 0 Å². The Morgan fingerprint density at radius 3 is 1.28 bits per heavy atom. The summed E-state index contributed by atoms with van der Waals surface area (Å²) in [7, 11) is 0. The minimum Gasteiger partial charge on any atom is -0.393 e. The van der Waals surface area contributed by atoms with Crippen LogP contribution in [0.3, 0.4) is 0 Å². The highest BCUT2D eigenvalue weighted by Crippen LogP contribution is 2.07. The Kier molecular flexibility index (Phi) is 8.43. The Bertz CT molecular complexity index is 289. The van der Waals surface area contributed by atoms with Crippen LogP contribution < -0.4 is 0 Å². The Hall–Kier alpha value is -1.72. The lowest BCUT2D eigenvalue weighted by atomic mass is 10.1. The van der Waals surface area contributed by atoms with Gasteiger partial charge in [0.1, 0.15) is 0 Å². The fourth-order valence-corrected chi connectivity index (χ4v) is 1.31. The van der Waals surface area contributed by atoms with Gasteiger partial charge >= 0.3 is 23.9 Å². The van der Waals surface area contributed by atoms with E-state index in [1.54, 1.807) is 0 Å². The molecule has 0 saturated heterocycles. The quantitative estimate of drug-likeness (QED) is 0.391. The first-order valence-corrected chi connectivity index (χ1v) is 5.84. The third-order valence-electron chi connectivity index (χ3n) is 2.03. The van der Waals surface area contributed by atoms with Crippen molar-refractivity contribution in [2.45, 2.75) is 52.4 Å². The first kappa shape index (κ1) is 16.3. The maximum atomic E-state index is 11.0. The number of esters is 4. The van der Waals surface area contributed by atoms with E-state index in [1.807, 2.05) is 0 Å². The molecule has 6 nitrogen and oxygen atoms in total. The fourth-order valence-electron chi connectivity index (χ4n) is 1.31. The molecule has 0 fully saturated rings. The second-order valence-electron chi connectivity index (χ2n) is 3.85. The van der Waals surface area contributed by atoms with Gasteiger partial charge in [-0.2, -0.15) is 0 Å². The minimum absolute atomic E-state index is 0.192. The van der Waals surface area contributed by atoms with Crippen molar-refractivity contribution >= 4 is 23.9 Å². The molecule has 18 heavy (non-hydrogen) atoms. The van der Waals surface area contributed by atoms with Crippen LogP contribution in [0, 0.1) is 0 Å². The average molecular weight is 258 g/mol. The summed E-state index contributed by atoms with van der Waals surface area (Å²) in [5, 5.41) is 0. The van der Waals surface area contributed by atoms with Gasteiger partial charge in [-0.25, -0.2) is 0 Å². The van der Waals surface area contributed by atoms with Crippen LogP contribution in [0.1, 0.15) is 52.4 Å². The van der Waals surface area contributed by atoms with Crippen molar-refractivity contribution in [1.29, 1.82) is 0 Å². The monoisotopic (exact) mass is 258 g/mol. The van der Waals surface area contributed by atoms with Crippen molar-refractivity contribution in [2.75, 3.05) is 0 Å². The van der Waals surface area contributed by atoms with Crippen molar-refractivity contribution in [1.82, 2.24) is 0 Å². The second kappa shape index (κ2) is 9.32. The van der Waals surface area contributed by atoms with Crippen LogP contribution in [0.5, 0.6) is 0 Å². The average Bonchev–Trinajstić information content (AvgIpc) is 2.20. The van der Waals surface area contributed by atoms with E-state index in [9.17, 15) is 19.2 Å². The molecular weight excluding hydrogens is 240 g/mol. The number of hydrogen-bond acceptors (Lipinski definition) is 6. The lowest BCUT2D eigenvalue weighted by Gasteiger charge is -2.01. The Morgan fingerprint density at radius 2 is 1.00 bits per heavy atom. The predicted molar refractivity (Wildman–Crippen MR) is 61.2 cm³/mol. The van der Waals surface area contributed by atoms with Crippen molar-refractivity contribution in [3.05, 3.63) is 0 Å². The maximum Gasteiger partial charge on any atom is 0.313 e. The van der Waals surface area contributed by atoms with E-state index < -0.39 is 23.9 Å². The van der Waals surface area contributed by atoms with E-state index in [2.05, 4.69) is 9.47 Å². The van der Waals surface area contributed by atoms with Crippen molar-refractivity contribution in [3.8, 4) is 0 Å². The fraction of sp³-hybridized carbons (Fsp3) is 0.667. The molecule has 0 aromatic heterocycles. The standard InChI is InChI=1S/C12H18O6/c1-9(13)17-11(15)7-5-3-4-6-8-12(16)18-10(2)14/h3-8H2,1-2H3. The molecule has 0 aliphatic rings. The Labute approximate surface area is 106 Å². The van der Waals surface area contributed by atoms with Gasteiger partial charge in [0, 0.05) is 26.7 Å². The maximum absolute atomic E-state index is 11.0. The molecule has 0 radical (unpaired) electrons. The van der Waals surface area contributed by atoms with Crippen LogP contribution >= 0.6 is 0 Å². The molecule has 0 unspecified atom stereocenters. The molecule has 6 heteroatoms. The molecule has 0 saturated carbocycles. The molecule has 102 valence electrons. The van der Waals surface area contributed by atoms with Gasteiger partial charge in [0.25, 0.3) is 0 Å². The number of rotatable bonds is 7. The van der Waals surface area contributed by atoms with E-state index in [0.717, 1.165) is 12.8 Å². The lowest BCUT2D eigenvalue weighted by Crippen LogP contribution is -2.09. The Balaban J connectivity index is 3.41. The molecule has 0 bridgehead atoms. The zero-order valence-electron chi connectivity index (χ0n) is 10.7. The van der Waals surface area contributed by atoms with Gasteiger partial charge in [-0.15, -0.1) is 0 Å². The highest BCUT2D eigenvalue weighted by Gasteiger charge is 2.07. The topological polar surface area (TPSA) is 86.7 Å².